The predicted molar refractivity (Wildman–Crippen MR) is 106 cm³/mol. The number of nitrogens with one attached hydrogen (secondary N) is 1. The maximum Gasteiger partial charge on any atom is 0.229 e. The summed E-state index contributed by atoms with van der Waals surface area (Å²) in [7, 11) is 0. The zero-order valence-corrected chi connectivity index (χ0v) is 15.9. The van der Waals surface area contributed by atoms with Crippen molar-refractivity contribution in [3.05, 3.63) is 58.7 Å². The Bertz CT molecular complexity index is 817. The van der Waals surface area contributed by atoms with E-state index in [0.717, 1.165) is 28.9 Å². The summed E-state index contributed by atoms with van der Waals surface area (Å²) in [6, 6.07) is 12.0. The van der Waals surface area contributed by atoms with Gasteiger partial charge in [0.2, 0.25) is 11.8 Å². The zero-order chi connectivity index (χ0) is 18.8. The van der Waals surface area contributed by atoms with Gasteiger partial charge in [-0.3, -0.25) is 9.59 Å². The number of aryl methyl sites for hydroxylation is 4. The van der Waals surface area contributed by atoms with Crippen molar-refractivity contribution in [1.29, 1.82) is 0 Å². The molecular weight excluding hydrogens is 324 g/mol. The molecule has 1 atom stereocenters. The third-order valence-corrected chi connectivity index (χ3v) is 5.03. The number of carbonyl (C=O) groups is 2. The van der Waals surface area contributed by atoms with Gasteiger partial charge < -0.3 is 10.2 Å². The highest BCUT2D eigenvalue weighted by Crippen LogP contribution is 2.32. The van der Waals surface area contributed by atoms with Gasteiger partial charge in [0.05, 0.1) is 5.92 Å². The van der Waals surface area contributed by atoms with Crippen LogP contribution in [0.1, 0.15) is 35.6 Å². The first-order valence-corrected chi connectivity index (χ1v) is 9.17. The normalized spacial score (nSPS) is 16.8. The molecule has 2 aromatic carbocycles. The van der Waals surface area contributed by atoms with Gasteiger partial charge in [0, 0.05) is 24.3 Å². The Hall–Kier alpha value is -2.62. The molecule has 1 N–H and O–H groups in total. The van der Waals surface area contributed by atoms with Crippen LogP contribution in [0.3, 0.4) is 0 Å². The third-order valence-electron chi connectivity index (χ3n) is 5.03. The van der Waals surface area contributed by atoms with E-state index in [1.54, 1.807) is 4.90 Å². The molecule has 1 aliphatic heterocycles. The van der Waals surface area contributed by atoms with Crippen molar-refractivity contribution in [1.82, 2.24) is 0 Å². The van der Waals surface area contributed by atoms with Crippen LogP contribution in [0.15, 0.2) is 36.4 Å². The summed E-state index contributed by atoms with van der Waals surface area (Å²) in [5, 5.41) is 2.95. The molecule has 1 unspecified atom stereocenters. The van der Waals surface area contributed by atoms with Gasteiger partial charge in [-0.1, -0.05) is 36.8 Å². The predicted octanol–water partition coefficient (Wildman–Crippen LogP) is 4.17. The number of hydrogen-bond donors (Lipinski definition) is 1. The molecule has 136 valence electrons. The Morgan fingerprint density at radius 2 is 1.73 bits per heavy atom. The smallest absolute Gasteiger partial charge is 0.229 e. The zero-order valence-electron chi connectivity index (χ0n) is 15.9. The van der Waals surface area contributed by atoms with Crippen LogP contribution in [0, 0.1) is 26.7 Å². The van der Waals surface area contributed by atoms with Crippen LogP contribution in [0.4, 0.5) is 11.4 Å². The first kappa shape index (κ1) is 18.2. The summed E-state index contributed by atoms with van der Waals surface area (Å²) in [6.07, 6.45) is 1.22. The average molecular weight is 350 g/mol. The Morgan fingerprint density at radius 1 is 1.12 bits per heavy atom. The molecule has 4 heteroatoms. The fourth-order valence-corrected chi connectivity index (χ4v) is 3.77. The minimum Gasteiger partial charge on any atom is -0.326 e. The number of carbonyl (C=O) groups excluding carboxylic acids is 2. The topological polar surface area (TPSA) is 49.4 Å². The SMILES string of the molecule is CCc1ccc(NC(=O)C2CC(=O)N(c3c(C)cc(C)cc3C)C2)cc1. The molecular formula is C22H26N2O2. The number of nitrogens with zero attached hydrogens (tertiary/aromatic N) is 1. The van der Waals surface area contributed by atoms with Crippen LogP contribution in [-0.2, 0) is 16.0 Å². The van der Waals surface area contributed by atoms with E-state index in [4.69, 9.17) is 0 Å². The molecule has 1 aliphatic rings. The van der Waals surface area contributed by atoms with Gasteiger partial charge in [0.25, 0.3) is 0 Å². The Kier molecular flexibility index (Phi) is 5.12. The van der Waals surface area contributed by atoms with E-state index in [9.17, 15) is 9.59 Å². The number of hydrogen-bond acceptors (Lipinski definition) is 2. The standard InChI is InChI=1S/C22H26N2O2/c1-5-17-6-8-19(9-7-17)23-22(26)18-12-20(25)24(13-18)21-15(3)10-14(2)11-16(21)4/h6-11,18H,5,12-13H2,1-4H3,(H,23,26). The Labute approximate surface area is 155 Å². The average Bonchev–Trinajstić information content (AvgIpc) is 2.96. The van der Waals surface area contributed by atoms with Crippen LogP contribution in [0.25, 0.3) is 0 Å². The Balaban J connectivity index is 1.74. The van der Waals surface area contributed by atoms with Gasteiger partial charge in [0.1, 0.15) is 0 Å². The molecule has 1 fully saturated rings. The number of anilines is 2. The van der Waals surface area contributed by atoms with Crippen LogP contribution in [0.2, 0.25) is 0 Å². The Morgan fingerprint density at radius 3 is 2.31 bits per heavy atom. The van der Waals surface area contributed by atoms with Crippen molar-refractivity contribution >= 4 is 23.2 Å². The summed E-state index contributed by atoms with van der Waals surface area (Å²) in [5.41, 5.74) is 6.29. The summed E-state index contributed by atoms with van der Waals surface area (Å²) >= 11 is 0. The molecule has 0 aromatic heterocycles. The maximum absolute atomic E-state index is 12.6. The molecule has 1 heterocycles. The van der Waals surface area contributed by atoms with E-state index >= 15 is 0 Å². The van der Waals surface area contributed by atoms with Crippen molar-refractivity contribution in [2.24, 2.45) is 5.92 Å². The molecule has 0 bridgehead atoms. The van der Waals surface area contributed by atoms with E-state index in [0.29, 0.717) is 6.54 Å². The van der Waals surface area contributed by atoms with Crippen LogP contribution >= 0.6 is 0 Å². The lowest BCUT2D eigenvalue weighted by Crippen LogP contribution is -2.29. The molecule has 2 amide bonds. The van der Waals surface area contributed by atoms with E-state index in [1.165, 1.54) is 11.1 Å². The second kappa shape index (κ2) is 7.32. The fraction of sp³-hybridized carbons (Fsp3) is 0.364. The highest BCUT2D eigenvalue weighted by Gasteiger charge is 2.36. The highest BCUT2D eigenvalue weighted by atomic mass is 16.2. The van der Waals surface area contributed by atoms with E-state index in [2.05, 4.69) is 31.3 Å². The van der Waals surface area contributed by atoms with Crippen molar-refractivity contribution in [3.63, 3.8) is 0 Å². The monoisotopic (exact) mass is 350 g/mol. The first-order valence-electron chi connectivity index (χ1n) is 9.17. The summed E-state index contributed by atoms with van der Waals surface area (Å²) in [6.45, 7) is 8.62. The highest BCUT2D eigenvalue weighted by molar-refractivity contribution is 6.04. The molecule has 0 radical (unpaired) electrons. The molecule has 0 aliphatic carbocycles. The number of rotatable bonds is 4. The lowest BCUT2D eigenvalue weighted by Gasteiger charge is -2.22. The second-order valence-electron chi connectivity index (χ2n) is 7.19. The molecule has 0 saturated carbocycles. The van der Waals surface area contributed by atoms with Gasteiger partial charge in [0.15, 0.2) is 0 Å². The van der Waals surface area contributed by atoms with Gasteiger partial charge in [-0.2, -0.15) is 0 Å². The van der Waals surface area contributed by atoms with Crippen molar-refractivity contribution in [3.8, 4) is 0 Å². The van der Waals surface area contributed by atoms with Crippen LogP contribution in [-0.4, -0.2) is 18.4 Å². The van der Waals surface area contributed by atoms with Crippen LogP contribution in [0.5, 0.6) is 0 Å². The maximum atomic E-state index is 12.6. The third kappa shape index (κ3) is 3.64. The molecule has 26 heavy (non-hydrogen) atoms. The molecule has 3 rings (SSSR count). The summed E-state index contributed by atoms with van der Waals surface area (Å²) in [5.74, 6) is -0.400. The minimum atomic E-state index is -0.326. The molecule has 1 saturated heterocycles. The summed E-state index contributed by atoms with van der Waals surface area (Å²) in [4.78, 5) is 27.0. The van der Waals surface area contributed by atoms with Crippen molar-refractivity contribution < 1.29 is 9.59 Å². The van der Waals surface area contributed by atoms with E-state index in [-0.39, 0.29) is 24.2 Å². The molecule has 4 nitrogen and oxygen atoms in total. The quantitative estimate of drug-likeness (QED) is 0.900. The largest absolute Gasteiger partial charge is 0.326 e. The molecule has 0 spiro atoms. The van der Waals surface area contributed by atoms with Gasteiger partial charge in [-0.05, 0) is 56.0 Å². The first-order chi connectivity index (χ1) is 12.4. The second-order valence-corrected chi connectivity index (χ2v) is 7.19. The number of amides is 2. The van der Waals surface area contributed by atoms with Crippen molar-refractivity contribution in [2.75, 3.05) is 16.8 Å². The van der Waals surface area contributed by atoms with Gasteiger partial charge in [-0.25, -0.2) is 0 Å². The minimum absolute atomic E-state index is 0.0153. The van der Waals surface area contributed by atoms with Gasteiger partial charge >= 0.3 is 0 Å². The van der Waals surface area contributed by atoms with Crippen molar-refractivity contribution in [2.45, 2.75) is 40.5 Å². The molecule has 2 aromatic rings. The van der Waals surface area contributed by atoms with Gasteiger partial charge in [-0.15, -0.1) is 0 Å². The van der Waals surface area contributed by atoms with Crippen LogP contribution < -0.4 is 10.2 Å². The number of benzene rings is 2. The lowest BCUT2D eigenvalue weighted by atomic mass is 10.0. The fourth-order valence-electron chi connectivity index (χ4n) is 3.77. The van der Waals surface area contributed by atoms with E-state index < -0.39 is 0 Å². The van der Waals surface area contributed by atoms with E-state index in [1.807, 2.05) is 38.1 Å². The summed E-state index contributed by atoms with van der Waals surface area (Å²) < 4.78 is 0. The lowest BCUT2D eigenvalue weighted by molar-refractivity contribution is -0.122.